The number of aromatic amines is 1. The van der Waals surface area contributed by atoms with Crippen molar-refractivity contribution in [2.24, 2.45) is 0 Å². The third kappa shape index (κ3) is 5.51. The number of anilines is 2. The zero-order chi connectivity index (χ0) is 24.9. The number of nitrogens with zero attached hydrogens (tertiary/aromatic N) is 3. The number of nitrogen functional groups attached to an aromatic ring is 1. The van der Waals surface area contributed by atoms with E-state index in [1.54, 1.807) is 13.0 Å². The number of benzene rings is 2. The first kappa shape index (κ1) is 24.4. The van der Waals surface area contributed by atoms with E-state index in [0.717, 1.165) is 30.5 Å². The molecule has 0 aliphatic carbocycles. The molecular formula is C26H30FN5O3. The lowest BCUT2D eigenvalue weighted by molar-refractivity contribution is -0.119. The number of carbonyl (C=O) groups excluding carboxylic acids is 1. The Morgan fingerprint density at radius 2 is 1.89 bits per heavy atom. The molecule has 2 aromatic carbocycles. The van der Waals surface area contributed by atoms with Crippen molar-refractivity contribution in [3.8, 4) is 0 Å². The minimum absolute atomic E-state index is 0.0195. The van der Waals surface area contributed by atoms with Crippen molar-refractivity contribution >= 4 is 17.4 Å². The number of aromatic nitrogens is 2. The molecule has 0 bridgehead atoms. The number of likely N-dealkylation sites (N-methyl/N-ethyl adjacent to an activating group) is 1. The highest BCUT2D eigenvalue weighted by Crippen LogP contribution is 2.23. The van der Waals surface area contributed by atoms with Gasteiger partial charge in [-0.05, 0) is 56.0 Å². The molecule has 4 rings (SSSR count). The van der Waals surface area contributed by atoms with Gasteiger partial charge in [0.25, 0.3) is 5.56 Å². The highest BCUT2D eigenvalue weighted by atomic mass is 19.1. The fraction of sp³-hybridized carbons (Fsp3) is 0.346. The summed E-state index contributed by atoms with van der Waals surface area (Å²) in [7, 11) is 0. The highest BCUT2D eigenvalue weighted by molar-refractivity contribution is 5.96. The number of nitrogens with two attached hydrogens (primary N) is 1. The Bertz CT molecular complexity index is 1300. The fourth-order valence-electron chi connectivity index (χ4n) is 4.75. The summed E-state index contributed by atoms with van der Waals surface area (Å²) in [5.41, 5.74) is 6.69. The van der Waals surface area contributed by atoms with Gasteiger partial charge in [0.15, 0.2) is 5.69 Å². The molecule has 0 saturated carbocycles. The molecule has 3 N–H and O–H groups in total. The molecule has 1 amide bonds. The van der Waals surface area contributed by atoms with E-state index in [9.17, 15) is 18.8 Å². The van der Waals surface area contributed by atoms with Crippen molar-refractivity contribution in [2.75, 3.05) is 30.3 Å². The maximum atomic E-state index is 13.6. The number of nitrogens with one attached hydrogen (secondary N) is 1. The SMILES string of the molecule is CCN(C(=O)CN1CCCC1Cc1cccc(F)c1)c1c(N)n(Cc2ccccc2)c(=O)[nH]c1=O. The van der Waals surface area contributed by atoms with E-state index >= 15 is 0 Å². The second-order valence-electron chi connectivity index (χ2n) is 8.80. The summed E-state index contributed by atoms with van der Waals surface area (Å²) in [5, 5.41) is 0. The Morgan fingerprint density at radius 3 is 2.60 bits per heavy atom. The summed E-state index contributed by atoms with van der Waals surface area (Å²) in [6.07, 6.45) is 2.48. The molecule has 1 aliphatic rings. The molecule has 0 radical (unpaired) electrons. The van der Waals surface area contributed by atoms with Crippen LogP contribution in [0.2, 0.25) is 0 Å². The normalized spacial score (nSPS) is 15.9. The van der Waals surface area contributed by atoms with Crippen LogP contribution in [0.3, 0.4) is 0 Å². The summed E-state index contributed by atoms with van der Waals surface area (Å²) in [6, 6.07) is 15.9. The van der Waals surface area contributed by atoms with Crippen LogP contribution in [-0.4, -0.2) is 46.0 Å². The number of rotatable bonds is 8. The number of halogens is 1. The predicted molar refractivity (Wildman–Crippen MR) is 134 cm³/mol. The van der Waals surface area contributed by atoms with E-state index in [-0.39, 0.29) is 48.9 Å². The molecule has 1 aromatic heterocycles. The lowest BCUT2D eigenvalue weighted by Gasteiger charge is -2.28. The number of carbonyl (C=O) groups is 1. The van der Waals surface area contributed by atoms with Crippen LogP contribution in [0.25, 0.3) is 0 Å². The summed E-state index contributed by atoms with van der Waals surface area (Å²) in [4.78, 5) is 44.3. The minimum Gasteiger partial charge on any atom is -0.383 e. The van der Waals surface area contributed by atoms with Gasteiger partial charge in [-0.15, -0.1) is 0 Å². The van der Waals surface area contributed by atoms with Gasteiger partial charge in [0.1, 0.15) is 11.6 Å². The van der Waals surface area contributed by atoms with Crippen LogP contribution in [0.4, 0.5) is 15.9 Å². The van der Waals surface area contributed by atoms with Crippen LogP contribution in [0.15, 0.2) is 64.2 Å². The fourth-order valence-corrected chi connectivity index (χ4v) is 4.75. The maximum Gasteiger partial charge on any atom is 0.330 e. The molecule has 2 heterocycles. The average Bonchev–Trinajstić information content (AvgIpc) is 3.26. The predicted octanol–water partition coefficient (Wildman–Crippen LogP) is 2.37. The Hall–Kier alpha value is -3.72. The van der Waals surface area contributed by atoms with E-state index in [0.29, 0.717) is 6.42 Å². The van der Waals surface area contributed by atoms with Gasteiger partial charge in [0.2, 0.25) is 5.91 Å². The van der Waals surface area contributed by atoms with Crippen molar-refractivity contribution in [1.29, 1.82) is 0 Å². The molecule has 35 heavy (non-hydrogen) atoms. The largest absolute Gasteiger partial charge is 0.383 e. The minimum atomic E-state index is -0.690. The van der Waals surface area contributed by atoms with E-state index < -0.39 is 11.2 Å². The second-order valence-corrected chi connectivity index (χ2v) is 8.80. The molecule has 3 aromatic rings. The second kappa shape index (κ2) is 10.7. The first-order valence-corrected chi connectivity index (χ1v) is 11.8. The van der Waals surface area contributed by atoms with Crippen molar-refractivity contribution in [2.45, 2.75) is 38.8 Å². The van der Waals surface area contributed by atoms with Crippen LogP contribution in [0.5, 0.6) is 0 Å². The van der Waals surface area contributed by atoms with Crippen LogP contribution in [-0.2, 0) is 17.8 Å². The van der Waals surface area contributed by atoms with Gasteiger partial charge >= 0.3 is 5.69 Å². The Labute approximate surface area is 202 Å². The first-order valence-electron chi connectivity index (χ1n) is 11.8. The van der Waals surface area contributed by atoms with Gasteiger partial charge in [0, 0.05) is 12.6 Å². The third-order valence-corrected chi connectivity index (χ3v) is 6.48. The van der Waals surface area contributed by atoms with E-state index in [2.05, 4.69) is 9.88 Å². The van der Waals surface area contributed by atoms with Gasteiger partial charge in [0.05, 0.1) is 13.1 Å². The van der Waals surface area contributed by atoms with Gasteiger partial charge in [-0.2, -0.15) is 0 Å². The molecule has 9 heteroatoms. The molecule has 1 unspecified atom stereocenters. The zero-order valence-corrected chi connectivity index (χ0v) is 19.7. The van der Waals surface area contributed by atoms with Gasteiger partial charge in [-0.1, -0.05) is 42.5 Å². The molecule has 184 valence electrons. The lowest BCUT2D eigenvalue weighted by Crippen LogP contribution is -2.46. The maximum absolute atomic E-state index is 13.6. The molecular weight excluding hydrogens is 449 g/mol. The van der Waals surface area contributed by atoms with E-state index in [1.165, 1.54) is 21.6 Å². The molecule has 1 aliphatic heterocycles. The molecule has 1 atom stereocenters. The topological polar surface area (TPSA) is 104 Å². The Kier molecular flexibility index (Phi) is 7.45. The molecule has 0 spiro atoms. The number of hydrogen-bond acceptors (Lipinski definition) is 5. The zero-order valence-electron chi connectivity index (χ0n) is 19.7. The van der Waals surface area contributed by atoms with Crippen LogP contribution in [0, 0.1) is 5.82 Å². The molecule has 1 fully saturated rings. The number of hydrogen-bond donors (Lipinski definition) is 2. The number of H-pyrrole nitrogens is 1. The Balaban J connectivity index is 1.56. The summed E-state index contributed by atoms with van der Waals surface area (Å²) >= 11 is 0. The third-order valence-electron chi connectivity index (χ3n) is 6.48. The number of amides is 1. The van der Waals surface area contributed by atoms with Gasteiger partial charge in [-0.3, -0.25) is 24.0 Å². The van der Waals surface area contributed by atoms with Crippen LogP contribution < -0.4 is 21.9 Å². The number of likely N-dealkylation sites (tertiary alicyclic amines) is 1. The summed E-state index contributed by atoms with van der Waals surface area (Å²) in [5.74, 6) is -0.600. The highest BCUT2D eigenvalue weighted by Gasteiger charge is 2.30. The standard InChI is InChI=1S/C26H30FN5O3/c1-2-31(22(33)17-30-13-7-12-21(30)15-19-10-6-11-20(27)14-19)23-24(28)32(26(35)29-25(23)34)16-18-8-4-3-5-9-18/h3-6,8-11,14,21H,2,7,12-13,15-17,28H2,1H3,(H,29,34,35). The first-order chi connectivity index (χ1) is 16.9. The molecule has 8 nitrogen and oxygen atoms in total. The Morgan fingerprint density at radius 1 is 1.14 bits per heavy atom. The average molecular weight is 480 g/mol. The van der Waals surface area contributed by atoms with Crippen molar-refractivity contribution < 1.29 is 9.18 Å². The monoisotopic (exact) mass is 479 g/mol. The van der Waals surface area contributed by atoms with E-state index in [1.807, 2.05) is 36.4 Å². The van der Waals surface area contributed by atoms with Crippen LogP contribution >= 0.6 is 0 Å². The summed E-state index contributed by atoms with van der Waals surface area (Å²) in [6.45, 7) is 2.99. The van der Waals surface area contributed by atoms with Crippen molar-refractivity contribution in [1.82, 2.24) is 14.5 Å². The van der Waals surface area contributed by atoms with Gasteiger partial charge in [-0.25, -0.2) is 9.18 Å². The lowest BCUT2D eigenvalue weighted by atomic mass is 10.0. The summed E-state index contributed by atoms with van der Waals surface area (Å²) < 4.78 is 14.9. The van der Waals surface area contributed by atoms with Gasteiger partial charge < -0.3 is 10.6 Å². The smallest absolute Gasteiger partial charge is 0.330 e. The molecule has 1 saturated heterocycles. The van der Waals surface area contributed by atoms with Crippen molar-refractivity contribution in [3.05, 3.63) is 92.4 Å². The van der Waals surface area contributed by atoms with Crippen LogP contribution in [0.1, 0.15) is 30.9 Å². The van der Waals surface area contributed by atoms with E-state index in [4.69, 9.17) is 5.73 Å². The quantitative estimate of drug-likeness (QED) is 0.516. The van der Waals surface area contributed by atoms with Crippen molar-refractivity contribution in [3.63, 3.8) is 0 Å².